The molecule has 0 bridgehead atoms. The van der Waals surface area contributed by atoms with Gasteiger partial charge in [0.2, 0.25) is 0 Å². The molecule has 1 saturated heterocycles. The zero-order valence-electron chi connectivity index (χ0n) is 11.5. The molecule has 0 saturated carbocycles. The predicted molar refractivity (Wildman–Crippen MR) is 76.2 cm³/mol. The summed E-state index contributed by atoms with van der Waals surface area (Å²) in [6.07, 6.45) is 1.77. The lowest BCUT2D eigenvalue weighted by Gasteiger charge is -2.33. The molecular formula is C14H19NO4S. The van der Waals surface area contributed by atoms with E-state index in [0.717, 1.165) is 11.3 Å². The lowest BCUT2D eigenvalue weighted by molar-refractivity contribution is -0.154. The topological polar surface area (TPSA) is 75.6 Å². The first-order chi connectivity index (χ1) is 9.57. The summed E-state index contributed by atoms with van der Waals surface area (Å²) >= 11 is 1.45. The third-order valence-electron chi connectivity index (χ3n) is 3.72. The molecule has 20 heavy (non-hydrogen) atoms. The van der Waals surface area contributed by atoms with Crippen LogP contribution < -0.4 is 5.32 Å². The molecule has 0 unspecified atom stereocenters. The van der Waals surface area contributed by atoms with Crippen LogP contribution in [0.5, 0.6) is 0 Å². The maximum absolute atomic E-state index is 12.1. The molecule has 0 aliphatic carbocycles. The number of aliphatic carboxylic acids is 1. The molecule has 2 heterocycles. The Hall–Kier alpha value is -1.40. The van der Waals surface area contributed by atoms with Gasteiger partial charge in [0.25, 0.3) is 5.91 Å². The summed E-state index contributed by atoms with van der Waals surface area (Å²) in [4.78, 5) is 25.3. The van der Waals surface area contributed by atoms with E-state index in [1.807, 2.05) is 13.0 Å². The van der Waals surface area contributed by atoms with Crippen molar-refractivity contribution < 1.29 is 19.4 Å². The highest BCUT2D eigenvalue weighted by molar-refractivity contribution is 7.14. The van der Waals surface area contributed by atoms with E-state index in [4.69, 9.17) is 4.74 Å². The number of aryl methyl sites for hydroxylation is 1. The maximum Gasteiger partial charge on any atom is 0.311 e. The van der Waals surface area contributed by atoms with Crippen LogP contribution >= 0.6 is 11.3 Å². The molecule has 1 aliphatic rings. The second-order valence-electron chi connectivity index (χ2n) is 5.00. The van der Waals surface area contributed by atoms with Gasteiger partial charge in [-0.3, -0.25) is 9.59 Å². The van der Waals surface area contributed by atoms with E-state index < -0.39 is 11.4 Å². The van der Waals surface area contributed by atoms with Gasteiger partial charge in [-0.05, 0) is 31.4 Å². The van der Waals surface area contributed by atoms with Gasteiger partial charge in [-0.15, -0.1) is 11.3 Å². The second kappa shape index (κ2) is 6.37. The molecule has 2 rings (SSSR count). The first-order valence-corrected chi connectivity index (χ1v) is 7.57. The number of carbonyl (C=O) groups is 2. The Labute approximate surface area is 121 Å². The number of carboxylic acid groups (broad SMARTS) is 1. The lowest BCUT2D eigenvalue weighted by atomic mass is 9.80. The summed E-state index contributed by atoms with van der Waals surface area (Å²) in [6, 6.07) is 3.72. The minimum Gasteiger partial charge on any atom is -0.481 e. The molecule has 1 fully saturated rings. The van der Waals surface area contributed by atoms with Crippen molar-refractivity contribution in [1.82, 2.24) is 5.32 Å². The van der Waals surface area contributed by atoms with Crippen LogP contribution in [-0.4, -0.2) is 36.7 Å². The molecule has 1 amide bonds. The quantitative estimate of drug-likeness (QED) is 0.870. The molecule has 0 radical (unpaired) electrons. The smallest absolute Gasteiger partial charge is 0.311 e. The van der Waals surface area contributed by atoms with Gasteiger partial charge in [0.15, 0.2) is 0 Å². The van der Waals surface area contributed by atoms with Crippen LogP contribution in [0.2, 0.25) is 0 Å². The third-order valence-corrected chi connectivity index (χ3v) is 4.95. The van der Waals surface area contributed by atoms with Crippen molar-refractivity contribution in [1.29, 1.82) is 0 Å². The van der Waals surface area contributed by atoms with E-state index in [9.17, 15) is 14.7 Å². The summed E-state index contributed by atoms with van der Waals surface area (Å²) in [6.45, 7) is 3.06. The largest absolute Gasteiger partial charge is 0.481 e. The zero-order valence-corrected chi connectivity index (χ0v) is 12.3. The highest BCUT2D eigenvalue weighted by Gasteiger charge is 2.40. The molecule has 1 aliphatic heterocycles. The third kappa shape index (κ3) is 3.19. The number of hydrogen-bond donors (Lipinski definition) is 2. The molecular weight excluding hydrogens is 278 g/mol. The van der Waals surface area contributed by atoms with E-state index in [1.165, 1.54) is 11.3 Å². The number of thiophene rings is 1. The Kier molecular flexibility index (Phi) is 4.77. The van der Waals surface area contributed by atoms with E-state index in [2.05, 4.69) is 5.32 Å². The average molecular weight is 297 g/mol. The fourth-order valence-corrected chi connectivity index (χ4v) is 3.12. The highest BCUT2D eigenvalue weighted by Crippen LogP contribution is 2.30. The van der Waals surface area contributed by atoms with E-state index in [-0.39, 0.29) is 12.5 Å². The molecule has 5 nitrogen and oxygen atoms in total. The van der Waals surface area contributed by atoms with Gasteiger partial charge in [0.1, 0.15) is 0 Å². The fourth-order valence-electron chi connectivity index (χ4n) is 2.25. The van der Waals surface area contributed by atoms with E-state index >= 15 is 0 Å². The maximum atomic E-state index is 12.1. The van der Waals surface area contributed by atoms with Crippen LogP contribution in [0.4, 0.5) is 0 Å². The van der Waals surface area contributed by atoms with Gasteiger partial charge in [-0.25, -0.2) is 0 Å². The minimum atomic E-state index is -0.890. The molecule has 0 atom stereocenters. The van der Waals surface area contributed by atoms with Crippen LogP contribution in [-0.2, 0) is 16.0 Å². The number of hydrogen-bond acceptors (Lipinski definition) is 4. The van der Waals surface area contributed by atoms with Crippen molar-refractivity contribution in [3.05, 3.63) is 21.9 Å². The molecule has 0 spiro atoms. The van der Waals surface area contributed by atoms with Crippen LogP contribution in [0.3, 0.4) is 0 Å². The van der Waals surface area contributed by atoms with Gasteiger partial charge in [0.05, 0.1) is 10.3 Å². The first-order valence-electron chi connectivity index (χ1n) is 6.75. The molecule has 110 valence electrons. The number of carbonyl (C=O) groups excluding carboxylic acids is 1. The zero-order chi connectivity index (χ0) is 14.6. The van der Waals surface area contributed by atoms with Crippen LogP contribution in [0.1, 0.15) is 34.3 Å². The molecule has 1 aromatic heterocycles. The normalized spacial score (nSPS) is 17.6. The molecule has 0 aromatic carbocycles. The summed E-state index contributed by atoms with van der Waals surface area (Å²) in [5.74, 6) is -1.05. The molecule has 2 N–H and O–H groups in total. The second-order valence-corrected chi connectivity index (χ2v) is 6.17. The van der Waals surface area contributed by atoms with Crippen molar-refractivity contribution in [3.63, 3.8) is 0 Å². The van der Waals surface area contributed by atoms with Crippen LogP contribution in [0.15, 0.2) is 12.1 Å². The SMILES string of the molecule is CCc1ccc(C(=O)NCC2(C(=O)O)CCOCC2)s1. The summed E-state index contributed by atoms with van der Waals surface area (Å²) < 4.78 is 5.21. The van der Waals surface area contributed by atoms with E-state index in [0.29, 0.717) is 30.9 Å². The summed E-state index contributed by atoms with van der Waals surface area (Å²) in [7, 11) is 0. The van der Waals surface area contributed by atoms with Crippen molar-refractivity contribution in [3.8, 4) is 0 Å². The van der Waals surface area contributed by atoms with Gasteiger partial charge in [0, 0.05) is 24.6 Å². The number of ether oxygens (including phenoxy) is 1. The first kappa shape index (κ1) is 15.0. The Balaban J connectivity index is 1.98. The monoisotopic (exact) mass is 297 g/mol. The summed E-state index contributed by atoms with van der Waals surface area (Å²) in [5, 5.41) is 12.2. The van der Waals surface area contributed by atoms with E-state index in [1.54, 1.807) is 6.07 Å². The van der Waals surface area contributed by atoms with Crippen molar-refractivity contribution >= 4 is 23.2 Å². The standard InChI is InChI=1S/C14H19NO4S/c1-2-10-3-4-11(20-10)12(16)15-9-14(13(17)18)5-7-19-8-6-14/h3-4H,2,5-9H2,1H3,(H,15,16)(H,17,18). The summed E-state index contributed by atoms with van der Waals surface area (Å²) in [5.41, 5.74) is -0.890. The average Bonchev–Trinajstić information content (AvgIpc) is 2.94. The van der Waals surface area contributed by atoms with Crippen molar-refractivity contribution in [2.24, 2.45) is 5.41 Å². The number of carboxylic acids is 1. The van der Waals surface area contributed by atoms with Crippen LogP contribution in [0, 0.1) is 5.41 Å². The number of amides is 1. The molecule has 1 aromatic rings. The Morgan fingerprint density at radius 1 is 1.40 bits per heavy atom. The predicted octanol–water partition coefficient (Wildman–Crippen LogP) is 1.92. The Bertz CT molecular complexity index is 491. The van der Waals surface area contributed by atoms with Gasteiger partial charge in [-0.2, -0.15) is 0 Å². The minimum absolute atomic E-state index is 0.157. The lowest BCUT2D eigenvalue weighted by Crippen LogP contribution is -2.46. The molecule has 6 heteroatoms. The van der Waals surface area contributed by atoms with Crippen molar-refractivity contribution in [2.75, 3.05) is 19.8 Å². The van der Waals surface area contributed by atoms with Crippen molar-refractivity contribution in [2.45, 2.75) is 26.2 Å². The fraction of sp³-hybridized carbons (Fsp3) is 0.571. The van der Waals surface area contributed by atoms with Gasteiger partial charge in [-0.1, -0.05) is 6.92 Å². The number of nitrogens with one attached hydrogen (secondary N) is 1. The van der Waals surface area contributed by atoms with Gasteiger partial charge >= 0.3 is 5.97 Å². The van der Waals surface area contributed by atoms with Gasteiger partial charge < -0.3 is 15.2 Å². The number of rotatable bonds is 5. The highest BCUT2D eigenvalue weighted by atomic mass is 32.1. The Morgan fingerprint density at radius 3 is 2.65 bits per heavy atom. The Morgan fingerprint density at radius 2 is 2.10 bits per heavy atom. The van der Waals surface area contributed by atoms with Crippen LogP contribution in [0.25, 0.3) is 0 Å².